The number of carbonyl (C=O) groups is 2. The minimum Gasteiger partial charge on any atom is -0.481 e. The minimum atomic E-state index is -0.808. The van der Waals surface area contributed by atoms with Gasteiger partial charge in [0.15, 0.2) is 0 Å². The van der Waals surface area contributed by atoms with Crippen molar-refractivity contribution >= 4 is 17.7 Å². The molecule has 1 atom stereocenters. The number of aliphatic carboxylic acids is 1. The molecule has 2 amide bonds. The lowest BCUT2D eigenvalue weighted by molar-refractivity contribution is -0.148. The number of rotatable bonds is 4. The van der Waals surface area contributed by atoms with Crippen LogP contribution in [-0.4, -0.2) is 40.1 Å². The summed E-state index contributed by atoms with van der Waals surface area (Å²) in [4.78, 5) is 29.3. The molecule has 0 saturated carbocycles. The smallest absolute Gasteiger partial charge is 0.321 e. The highest BCUT2D eigenvalue weighted by Crippen LogP contribution is 2.35. The standard InChI is InChI=1S/C15H21N3O3/c1-3-4-15(13(19)20)5-6-18(10-15)14(21)17-12-7-11(2)8-16-9-12/h7-9H,3-6,10H2,1-2H3,(H,17,21)(H,19,20). The number of pyridine rings is 1. The van der Waals surface area contributed by atoms with E-state index in [1.54, 1.807) is 17.3 Å². The Morgan fingerprint density at radius 2 is 2.24 bits per heavy atom. The molecule has 0 spiro atoms. The zero-order valence-electron chi connectivity index (χ0n) is 12.4. The van der Waals surface area contributed by atoms with Gasteiger partial charge >= 0.3 is 12.0 Å². The number of aryl methyl sites for hydroxylation is 1. The Hall–Kier alpha value is -2.11. The molecule has 1 aromatic rings. The number of carboxylic acids is 1. The molecule has 2 heterocycles. The van der Waals surface area contributed by atoms with Gasteiger partial charge in [0, 0.05) is 19.3 Å². The van der Waals surface area contributed by atoms with Crippen molar-refractivity contribution in [3.63, 3.8) is 0 Å². The second-order valence-corrected chi connectivity index (χ2v) is 5.69. The third kappa shape index (κ3) is 3.32. The van der Waals surface area contributed by atoms with Gasteiger partial charge in [0.05, 0.1) is 17.3 Å². The molecule has 114 valence electrons. The molecule has 21 heavy (non-hydrogen) atoms. The van der Waals surface area contributed by atoms with Crippen LogP contribution in [-0.2, 0) is 4.79 Å². The maximum Gasteiger partial charge on any atom is 0.321 e. The van der Waals surface area contributed by atoms with Gasteiger partial charge in [-0.05, 0) is 31.4 Å². The number of likely N-dealkylation sites (tertiary alicyclic amines) is 1. The van der Waals surface area contributed by atoms with E-state index in [1.807, 2.05) is 19.9 Å². The number of carboxylic acid groups (broad SMARTS) is 1. The molecule has 1 aromatic heterocycles. The van der Waals surface area contributed by atoms with Gasteiger partial charge < -0.3 is 15.3 Å². The lowest BCUT2D eigenvalue weighted by Gasteiger charge is -2.24. The van der Waals surface area contributed by atoms with Gasteiger partial charge in [0.25, 0.3) is 0 Å². The fraction of sp³-hybridized carbons (Fsp3) is 0.533. The van der Waals surface area contributed by atoms with Crippen molar-refractivity contribution in [1.82, 2.24) is 9.88 Å². The van der Waals surface area contributed by atoms with Gasteiger partial charge in [-0.25, -0.2) is 4.79 Å². The molecular weight excluding hydrogens is 270 g/mol. The molecule has 0 bridgehead atoms. The van der Waals surface area contributed by atoms with Gasteiger partial charge in [-0.2, -0.15) is 0 Å². The minimum absolute atomic E-state index is 0.262. The molecule has 0 aromatic carbocycles. The van der Waals surface area contributed by atoms with Crippen LogP contribution in [0.25, 0.3) is 0 Å². The summed E-state index contributed by atoms with van der Waals surface area (Å²) in [5, 5.41) is 12.2. The number of hydrogen-bond acceptors (Lipinski definition) is 3. The largest absolute Gasteiger partial charge is 0.481 e. The number of anilines is 1. The summed E-state index contributed by atoms with van der Waals surface area (Å²) in [5.74, 6) is -0.808. The molecule has 1 aliphatic heterocycles. The summed E-state index contributed by atoms with van der Waals surface area (Å²) in [7, 11) is 0. The summed E-state index contributed by atoms with van der Waals surface area (Å²) in [6.45, 7) is 4.60. The quantitative estimate of drug-likeness (QED) is 0.893. The van der Waals surface area contributed by atoms with Crippen LogP contribution in [0.4, 0.5) is 10.5 Å². The second kappa shape index (κ2) is 6.11. The molecule has 1 unspecified atom stereocenters. The monoisotopic (exact) mass is 291 g/mol. The van der Waals surface area contributed by atoms with Gasteiger partial charge in [-0.15, -0.1) is 0 Å². The SMILES string of the molecule is CCCC1(C(=O)O)CCN(C(=O)Nc2cncc(C)c2)C1. The average Bonchev–Trinajstić information content (AvgIpc) is 2.85. The second-order valence-electron chi connectivity index (χ2n) is 5.69. The van der Waals surface area contributed by atoms with Crippen LogP contribution < -0.4 is 5.32 Å². The van der Waals surface area contributed by atoms with E-state index >= 15 is 0 Å². The summed E-state index contributed by atoms with van der Waals surface area (Å²) in [6, 6.07) is 1.57. The number of nitrogens with one attached hydrogen (secondary N) is 1. The van der Waals surface area contributed by atoms with Crippen LogP contribution in [0.2, 0.25) is 0 Å². The number of amides is 2. The predicted molar refractivity (Wildman–Crippen MR) is 79.2 cm³/mol. The number of nitrogens with zero attached hydrogens (tertiary/aromatic N) is 2. The van der Waals surface area contributed by atoms with E-state index in [0.717, 1.165) is 12.0 Å². The molecule has 1 aliphatic rings. The van der Waals surface area contributed by atoms with E-state index in [2.05, 4.69) is 10.3 Å². The maximum atomic E-state index is 12.2. The Morgan fingerprint density at radius 1 is 1.48 bits per heavy atom. The summed E-state index contributed by atoms with van der Waals surface area (Å²) >= 11 is 0. The van der Waals surface area contributed by atoms with Crippen molar-refractivity contribution in [2.45, 2.75) is 33.1 Å². The fourth-order valence-electron chi connectivity index (χ4n) is 2.84. The highest BCUT2D eigenvalue weighted by Gasteiger charge is 2.45. The molecule has 6 heteroatoms. The zero-order valence-corrected chi connectivity index (χ0v) is 12.4. The molecule has 0 aliphatic carbocycles. The summed E-state index contributed by atoms with van der Waals surface area (Å²) in [5.41, 5.74) is 0.792. The van der Waals surface area contributed by atoms with Crippen molar-refractivity contribution in [3.8, 4) is 0 Å². The first-order valence-electron chi connectivity index (χ1n) is 7.18. The highest BCUT2D eigenvalue weighted by atomic mass is 16.4. The Bertz CT molecular complexity index is 547. The van der Waals surface area contributed by atoms with Crippen molar-refractivity contribution < 1.29 is 14.7 Å². The number of hydrogen-bond donors (Lipinski definition) is 2. The van der Waals surface area contributed by atoms with E-state index in [-0.39, 0.29) is 12.6 Å². The molecule has 2 rings (SSSR count). The third-order valence-corrected chi connectivity index (χ3v) is 3.95. The first-order chi connectivity index (χ1) is 9.97. The van der Waals surface area contributed by atoms with Crippen molar-refractivity contribution in [3.05, 3.63) is 24.0 Å². The van der Waals surface area contributed by atoms with E-state index in [0.29, 0.717) is 25.1 Å². The van der Waals surface area contributed by atoms with E-state index in [9.17, 15) is 14.7 Å². The molecule has 2 N–H and O–H groups in total. The van der Waals surface area contributed by atoms with E-state index in [1.165, 1.54) is 0 Å². The van der Waals surface area contributed by atoms with Gasteiger partial charge in [-0.1, -0.05) is 13.3 Å². The Morgan fingerprint density at radius 3 is 2.86 bits per heavy atom. The van der Waals surface area contributed by atoms with Gasteiger partial charge in [0.2, 0.25) is 0 Å². The molecule has 1 saturated heterocycles. The molecular formula is C15H21N3O3. The van der Waals surface area contributed by atoms with E-state index < -0.39 is 11.4 Å². The normalized spacial score (nSPS) is 21.3. The highest BCUT2D eigenvalue weighted by molar-refractivity contribution is 5.90. The Kier molecular flexibility index (Phi) is 4.45. The van der Waals surface area contributed by atoms with Crippen molar-refractivity contribution in [1.29, 1.82) is 0 Å². The third-order valence-electron chi connectivity index (χ3n) is 3.95. The van der Waals surface area contributed by atoms with Crippen LogP contribution in [0.5, 0.6) is 0 Å². The zero-order chi connectivity index (χ0) is 15.5. The maximum absolute atomic E-state index is 12.2. The van der Waals surface area contributed by atoms with Crippen LogP contribution in [0, 0.1) is 12.3 Å². The molecule has 0 radical (unpaired) electrons. The fourth-order valence-corrected chi connectivity index (χ4v) is 2.84. The molecule has 6 nitrogen and oxygen atoms in total. The van der Waals surface area contributed by atoms with Crippen LogP contribution >= 0.6 is 0 Å². The Balaban J connectivity index is 2.03. The number of aromatic nitrogens is 1. The molecule has 1 fully saturated rings. The van der Waals surface area contributed by atoms with Gasteiger partial charge in [0.1, 0.15) is 0 Å². The summed E-state index contributed by atoms with van der Waals surface area (Å²) < 4.78 is 0. The van der Waals surface area contributed by atoms with Gasteiger partial charge in [-0.3, -0.25) is 9.78 Å². The van der Waals surface area contributed by atoms with Crippen molar-refractivity contribution in [2.75, 3.05) is 18.4 Å². The van der Waals surface area contributed by atoms with E-state index in [4.69, 9.17) is 0 Å². The lowest BCUT2D eigenvalue weighted by Crippen LogP contribution is -2.38. The first kappa shape index (κ1) is 15.3. The number of carbonyl (C=O) groups excluding carboxylic acids is 1. The first-order valence-corrected chi connectivity index (χ1v) is 7.18. The lowest BCUT2D eigenvalue weighted by atomic mass is 9.83. The number of urea groups is 1. The van der Waals surface area contributed by atoms with Crippen LogP contribution in [0.1, 0.15) is 31.7 Å². The Labute approximate surface area is 124 Å². The summed E-state index contributed by atoms with van der Waals surface area (Å²) in [6.07, 6.45) is 5.19. The van der Waals surface area contributed by atoms with Crippen LogP contribution in [0.15, 0.2) is 18.5 Å². The predicted octanol–water partition coefficient (Wildman–Crippen LogP) is 2.50. The average molecular weight is 291 g/mol. The van der Waals surface area contributed by atoms with Crippen molar-refractivity contribution in [2.24, 2.45) is 5.41 Å². The van der Waals surface area contributed by atoms with Crippen LogP contribution in [0.3, 0.4) is 0 Å². The topological polar surface area (TPSA) is 82.5 Å².